The number of halogens is 2. The minimum absolute atomic E-state index is 0.103. The molecular weight excluding hydrogens is 445 g/mol. The largest absolute Gasteiger partial charge is 0.496 e. The van der Waals surface area contributed by atoms with Crippen molar-refractivity contribution < 1.29 is 13.9 Å². The number of hydrogen-bond acceptors (Lipinski definition) is 4. The second-order valence-electron chi connectivity index (χ2n) is 7.16. The summed E-state index contributed by atoms with van der Waals surface area (Å²) in [4.78, 5) is 26.5. The fourth-order valence-electron chi connectivity index (χ4n) is 3.45. The number of amides is 1. The van der Waals surface area contributed by atoms with Crippen molar-refractivity contribution in [3.8, 4) is 22.6 Å². The number of para-hydroxylation sites is 1. The summed E-state index contributed by atoms with van der Waals surface area (Å²) in [5, 5.41) is 7.43. The lowest BCUT2D eigenvalue weighted by atomic mass is 10.0. The highest BCUT2D eigenvalue weighted by molar-refractivity contribution is 6.34. The van der Waals surface area contributed by atoms with Gasteiger partial charge in [0.1, 0.15) is 23.1 Å². The molecule has 0 atom stereocenters. The zero-order valence-corrected chi connectivity index (χ0v) is 18.6. The van der Waals surface area contributed by atoms with E-state index in [1.807, 2.05) is 0 Å². The number of hydrogen-bond donors (Lipinski definition) is 1. The molecule has 33 heavy (non-hydrogen) atoms. The van der Waals surface area contributed by atoms with E-state index in [1.165, 1.54) is 36.1 Å². The van der Waals surface area contributed by atoms with Crippen LogP contribution in [0.3, 0.4) is 0 Å². The number of carbonyl (C=O) groups excluding carboxylic acids is 1. The topological polar surface area (TPSA) is 73.2 Å². The average Bonchev–Trinajstić information content (AvgIpc) is 2.82. The van der Waals surface area contributed by atoms with Gasteiger partial charge in [0, 0.05) is 5.56 Å². The van der Waals surface area contributed by atoms with Crippen LogP contribution in [0, 0.1) is 12.7 Å². The van der Waals surface area contributed by atoms with Crippen LogP contribution in [0.2, 0.25) is 5.02 Å². The normalized spacial score (nSPS) is 10.7. The first kappa shape index (κ1) is 22.2. The van der Waals surface area contributed by atoms with Gasteiger partial charge in [0.2, 0.25) is 5.43 Å². The Labute approximate surface area is 194 Å². The molecule has 166 valence electrons. The summed E-state index contributed by atoms with van der Waals surface area (Å²) in [6, 6.07) is 19.1. The summed E-state index contributed by atoms with van der Waals surface area (Å²) < 4.78 is 20.4. The lowest BCUT2D eigenvalue weighted by molar-refractivity contribution is 0.102. The highest BCUT2D eigenvalue weighted by Gasteiger charge is 2.23. The number of nitrogens with zero attached hydrogens (tertiary/aromatic N) is 2. The van der Waals surface area contributed by atoms with E-state index >= 15 is 0 Å². The second-order valence-corrected chi connectivity index (χ2v) is 7.57. The van der Waals surface area contributed by atoms with Gasteiger partial charge in [-0.1, -0.05) is 41.9 Å². The number of aromatic nitrogens is 2. The minimum atomic E-state index is -0.530. The molecule has 6 nitrogen and oxygen atoms in total. The third-order valence-electron chi connectivity index (χ3n) is 5.05. The summed E-state index contributed by atoms with van der Waals surface area (Å²) >= 11 is 6.21. The molecule has 1 amide bonds. The Morgan fingerprint density at radius 3 is 2.39 bits per heavy atom. The first-order chi connectivity index (χ1) is 15.9. The zero-order chi connectivity index (χ0) is 23.5. The van der Waals surface area contributed by atoms with Crippen molar-refractivity contribution in [2.75, 3.05) is 12.4 Å². The van der Waals surface area contributed by atoms with Crippen LogP contribution < -0.4 is 15.5 Å². The number of anilines is 1. The Morgan fingerprint density at radius 2 is 1.70 bits per heavy atom. The van der Waals surface area contributed by atoms with Gasteiger partial charge in [-0.25, -0.2) is 9.07 Å². The van der Waals surface area contributed by atoms with Gasteiger partial charge in [0.05, 0.1) is 28.9 Å². The van der Waals surface area contributed by atoms with E-state index in [-0.39, 0.29) is 33.1 Å². The SMILES string of the molecule is COc1ccccc1-c1c(NC(=O)c2ccccc2Cl)n(-c2ccc(F)cc2)nc(C)c1=O. The van der Waals surface area contributed by atoms with Crippen molar-refractivity contribution in [3.05, 3.63) is 105 Å². The molecule has 0 aliphatic heterocycles. The number of rotatable bonds is 5. The molecule has 0 aliphatic carbocycles. The van der Waals surface area contributed by atoms with Gasteiger partial charge in [-0.2, -0.15) is 5.10 Å². The molecule has 0 aliphatic rings. The van der Waals surface area contributed by atoms with Gasteiger partial charge < -0.3 is 10.1 Å². The molecule has 0 unspecified atom stereocenters. The Hall–Kier alpha value is -3.97. The van der Waals surface area contributed by atoms with Crippen molar-refractivity contribution >= 4 is 23.3 Å². The molecule has 1 aromatic heterocycles. The summed E-state index contributed by atoms with van der Waals surface area (Å²) in [7, 11) is 1.49. The van der Waals surface area contributed by atoms with E-state index in [1.54, 1.807) is 55.5 Å². The van der Waals surface area contributed by atoms with E-state index in [0.717, 1.165) is 0 Å². The minimum Gasteiger partial charge on any atom is -0.496 e. The van der Waals surface area contributed by atoms with Crippen LogP contribution in [0.4, 0.5) is 10.2 Å². The van der Waals surface area contributed by atoms with Crippen molar-refractivity contribution in [1.82, 2.24) is 9.78 Å². The van der Waals surface area contributed by atoms with Crippen LogP contribution in [0.5, 0.6) is 5.75 Å². The van der Waals surface area contributed by atoms with Gasteiger partial charge in [-0.15, -0.1) is 0 Å². The molecule has 0 saturated carbocycles. The van der Waals surface area contributed by atoms with Crippen molar-refractivity contribution in [1.29, 1.82) is 0 Å². The maximum atomic E-state index is 13.6. The molecule has 0 bridgehead atoms. The molecule has 0 radical (unpaired) electrons. The van der Waals surface area contributed by atoms with E-state index in [9.17, 15) is 14.0 Å². The number of benzene rings is 3. The smallest absolute Gasteiger partial charge is 0.258 e. The van der Waals surface area contributed by atoms with Crippen molar-refractivity contribution in [3.63, 3.8) is 0 Å². The zero-order valence-electron chi connectivity index (χ0n) is 17.8. The lowest BCUT2D eigenvalue weighted by Crippen LogP contribution is -2.25. The van der Waals surface area contributed by atoms with Crippen LogP contribution in [0.25, 0.3) is 16.8 Å². The van der Waals surface area contributed by atoms with E-state index in [2.05, 4.69) is 10.4 Å². The van der Waals surface area contributed by atoms with Gasteiger partial charge in [-0.05, 0) is 49.4 Å². The van der Waals surface area contributed by atoms with Crippen LogP contribution in [0.15, 0.2) is 77.6 Å². The highest BCUT2D eigenvalue weighted by Crippen LogP contribution is 2.34. The summed E-state index contributed by atoms with van der Waals surface area (Å²) in [6.45, 7) is 1.57. The molecule has 8 heteroatoms. The second kappa shape index (κ2) is 9.26. The average molecular weight is 464 g/mol. The molecule has 4 aromatic rings. The third-order valence-corrected chi connectivity index (χ3v) is 5.38. The number of nitrogens with one attached hydrogen (secondary N) is 1. The molecule has 1 N–H and O–H groups in total. The fraction of sp³-hybridized carbons (Fsp3) is 0.0800. The van der Waals surface area contributed by atoms with Gasteiger partial charge in [-0.3, -0.25) is 9.59 Å². The van der Waals surface area contributed by atoms with Gasteiger partial charge in [0.15, 0.2) is 0 Å². The van der Waals surface area contributed by atoms with Crippen molar-refractivity contribution in [2.24, 2.45) is 0 Å². The molecular formula is C25H19ClFN3O3. The summed E-state index contributed by atoms with van der Waals surface area (Å²) in [5.74, 6) is -0.411. The van der Waals surface area contributed by atoms with Crippen molar-refractivity contribution in [2.45, 2.75) is 6.92 Å². The Kier molecular flexibility index (Phi) is 6.24. The quantitative estimate of drug-likeness (QED) is 0.438. The monoisotopic (exact) mass is 463 g/mol. The molecule has 0 spiro atoms. The molecule has 1 heterocycles. The summed E-state index contributed by atoms with van der Waals surface area (Å²) in [6.07, 6.45) is 0. The van der Waals surface area contributed by atoms with Crippen LogP contribution in [0.1, 0.15) is 16.1 Å². The molecule has 0 saturated heterocycles. The van der Waals surface area contributed by atoms with Crippen LogP contribution >= 0.6 is 11.6 Å². The number of methoxy groups -OCH3 is 1. The summed E-state index contributed by atoms with van der Waals surface area (Å²) in [5.41, 5.74) is 1.14. The maximum absolute atomic E-state index is 13.6. The number of ether oxygens (including phenoxy) is 1. The highest BCUT2D eigenvalue weighted by atomic mass is 35.5. The van der Waals surface area contributed by atoms with E-state index in [4.69, 9.17) is 16.3 Å². The Balaban J connectivity index is 2.01. The molecule has 3 aromatic carbocycles. The molecule has 0 fully saturated rings. The van der Waals surface area contributed by atoms with Crippen LogP contribution in [-0.4, -0.2) is 22.8 Å². The van der Waals surface area contributed by atoms with Gasteiger partial charge in [0.25, 0.3) is 5.91 Å². The standard InChI is InChI=1S/C25H19ClFN3O3/c1-15-23(31)22(19-8-4-6-10-21(19)33-2)24(28-25(32)18-7-3-5-9-20(18)26)30(29-15)17-13-11-16(27)12-14-17/h3-14H,1-2H3,(H,28,32). The predicted molar refractivity (Wildman–Crippen MR) is 126 cm³/mol. The van der Waals surface area contributed by atoms with E-state index < -0.39 is 11.7 Å². The lowest BCUT2D eigenvalue weighted by Gasteiger charge is -2.19. The fourth-order valence-corrected chi connectivity index (χ4v) is 3.67. The Bertz CT molecular complexity index is 1400. The number of aryl methyl sites for hydroxylation is 1. The third kappa shape index (κ3) is 4.36. The number of carbonyl (C=O) groups is 1. The first-order valence-corrected chi connectivity index (χ1v) is 10.4. The van der Waals surface area contributed by atoms with E-state index in [0.29, 0.717) is 17.0 Å². The van der Waals surface area contributed by atoms with Gasteiger partial charge >= 0.3 is 0 Å². The maximum Gasteiger partial charge on any atom is 0.258 e. The first-order valence-electron chi connectivity index (χ1n) is 10.00. The Morgan fingerprint density at radius 1 is 1.03 bits per heavy atom. The molecule has 4 rings (SSSR count). The van der Waals surface area contributed by atoms with Crippen LogP contribution in [-0.2, 0) is 0 Å². The predicted octanol–water partition coefficient (Wildman–Crippen LogP) is 5.26.